The molecule has 1 aliphatic rings. The Morgan fingerprint density at radius 1 is 1.34 bits per heavy atom. The van der Waals surface area contributed by atoms with E-state index in [2.05, 4.69) is 37.9 Å². The first-order valence-electron chi connectivity index (χ1n) is 11.2. The van der Waals surface area contributed by atoms with Gasteiger partial charge in [0.2, 0.25) is 0 Å². The SMILES string of the molecule is CCCN1c2cc(Cl)c(/C=C(\C#N)C(=O)Nc3cccc(C)c3C)cc2C(C)CC1(C)C. The number of hydrogen-bond acceptors (Lipinski definition) is 3. The molecule has 4 nitrogen and oxygen atoms in total. The number of nitrogens with one attached hydrogen (secondary N) is 1. The Morgan fingerprint density at radius 2 is 2.06 bits per heavy atom. The number of fused-ring (bicyclic) bond motifs is 1. The molecular weight excluding hydrogens is 418 g/mol. The molecule has 0 radical (unpaired) electrons. The number of halogens is 1. The Labute approximate surface area is 196 Å². The zero-order chi connectivity index (χ0) is 23.6. The molecule has 1 N–H and O–H groups in total. The van der Waals surface area contributed by atoms with Crippen LogP contribution in [0, 0.1) is 25.2 Å². The summed E-state index contributed by atoms with van der Waals surface area (Å²) in [6.45, 7) is 13.9. The second-order valence-corrected chi connectivity index (χ2v) is 9.78. The van der Waals surface area contributed by atoms with Crippen LogP contribution < -0.4 is 10.2 Å². The zero-order valence-electron chi connectivity index (χ0n) is 19.8. The van der Waals surface area contributed by atoms with Crippen LogP contribution in [-0.2, 0) is 4.79 Å². The molecule has 2 aromatic rings. The highest BCUT2D eigenvalue weighted by Gasteiger charge is 2.36. The lowest BCUT2D eigenvalue weighted by molar-refractivity contribution is -0.112. The number of benzene rings is 2. The maximum atomic E-state index is 12.8. The fraction of sp³-hybridized carbons (Fsp3) is 0.407. The minimum atomic E-state index is -0.434. The van der Waals surface area contributed by atoms with E-state index in [1.807, 2.05) is 50.2 Å². The van der Waals surface area contributed by atoms with Crippen molar-refractivity contribution in [3.8, 4) is 6.07 Å². The summed E-state index contributed by atoms with van der Waals surface area (Å²) in [7, 11) is 0. The topological polar surface area (TPSA) is 56.1 Å². The molecule has 0 saturated heterocycles. The lowest BCUT2D eigenvalue weighted by Crippen LogP contribution is -2.48. The highest BCUT2D eigenvalue weighted by Crippen LogP contribution is 2.45. The molecular formula is C27H32ClN3O. The predicted molar refractivity (Wildman–Crippen MR) is 134 cm³/mol. The Balaban J connectivity index is 1.99. The summed E-state index contributed by atoms with van der Waals surface area (Å²) >= 11 is 6.67. The van der Waals surface area contributed by atoms with Crippen LogP contribution in [-0.4, -0.2) is 18.0 Å². The number of carbonyl (C=O) groups is 1. The molecule has 5 heteroatoms. The van der Waals surface area contributed by atoms with Gasteiger partial charge in [-0.1, -0.05) is 37.6 Å². The maximum absolute atomic E-state index is 12.8. The fourth-order valence-corrected chi connectivity index (χ4v) is 4.87. The number of nitriles is 1. The number of hydrogen-bond donors (Lipinski definition) is 1. The first kappa shape index (κ1) is 23.9. The molecule has 32 heavy (non-hydrogen) atoms. The summed E-state index contributed by atoms with van der Waals surface area (Å²) in [6, 6.07) is 11.8. The third-order valence-corrected chi connectivity index (χ3v) is 6.80. The van der Waals surface area contributed by atoms with E-state index in [0.717, 1.165) is 36.2 Å². The van der Waals surface area contributed by atoms with Crippen LogP contribution >= 0.6 is 11.6 Å². The molecule has 0 bridgehead atoms. The quantitative estimate of drug-likeness (QED) is 0.394. The van der Waals surface area contributed by atoms with E-state index in [4.69, 9.17) is 11.6 Å². The molecule has 1 atom stereocenters. The molecule has 2 aromatic carbocycles. The number of amides is 1. The maximum Gasteiger partial charge on any atom is 0.266 e. The van der Waals surface area contributed by atoms with Crippen LogP contribution in [0.3, 0.4) is 0 Å². The molecule has 1 aliphatic heterocycles. The van der Waals surface area contributed by atoms with Crippen LogP contribution in [0.4, 0.5) is 11.4 Å². The average molecular weight is 450 g/mol. The highest BCUT2D eigenvalue weighted by atomic mass is 35.5. The van der Waals surface area contributed by atoms with Gasteiger partial charge in [-0.05, 0) is 93.0 Å². The largest absolute Gasteiger partial charge is 0.366 e. The van der Waals surface area contributed by atoms with Crippen LogP contribution in [0.2, 0.25) is 5.02 Å². The summed E-state index contributed by atoms with van der Waals surface area (Å²) in [5.74, 6) is -0.0800. The smallest absolute Gasteiger partial charge is 0.266 e. The molecule has 0 spiro atoms. The van der Waals surface area contributed by atoms with Crippen molar-refractivity contribution in [1.82, 2.24) is 0 Å². The number of rotatable bonds is 5. The second kappa shape index (κ2) is 9.38. The van der Waals surface area contributed by atoms with E-state index in [0.29, 0.717) is 22.2 Å². The summed E-state index contributed by atoms with van der Waals surface area (Å²) in [4.78, 5) is 15.3. The van der Waals surface area contributed by atoms with Crippen molar-refractivity contribution < 1.29 is 4.79 Å². The molecule has 0 fully saturated rings. The molecule has 168 valence electrons. The van der Waals surface area contributed by atoms with Gasteiger partial charge in [0.25, 0.3) is 5.91 Å². The minimum Gasteiger partial charge on any atom is -0.366 e. The molecule has 3 rings (SSSR count). The average Bonchev–Trinajstić information content (AvgIpc) is 2.72. The van der Waals surface area contributed by atoms with E-state index in [-0.39, 0.29) is 11.1 Å². The van der Waals surface area contributed by atoms with Gasteiger partial charge in [0.1, 0.15) is 11.6 Å². The second-order valence-electron chi connectivity index (χ2n) is 9.37. The van der Waals surface area contributed by atoms with Gasteiger partial charge in [-0.2, -0.15) is 5.26 Å². The highest BCUT2D eigenvalue weighted by molar-refractivity contribution is 6.32. The van der Waals surface area contributed by atoms with Crippen LogP contribution in [0.25, 0.3) is 6.08 Å². The predicted octanol–water partition coefficient (Wildman–Crippen LogP) is 7.00. The van der Waals surface area contributed by atoms with Gasteiger partial charge in [0.05, 0.1) is 0 Å². The van der Waals surface area contributed by atoms with Crippen molar-refractivity contribution >= 4 is 35.0 Å². The molecule has 0 saturated carbocycles. The van der Waals surface area contributed by atoms with Crippen molar-refractivity contribution in [2.75, 3.05) is 16.8 Å². The van der Waals surface area contributed by atoms with Gasteiger partial charge in [0.15, 0.2) is 0 Å². The van der Waals surface area contributed by atoms with E-state index in [9.17, 15) is 10.1 Å². The van der Waals surface area contributed by atoms with Gasteiger partial charge in [-0.3, -0.25) is 4.79 Å². The van der Waals surface area contributed by atoms with Gasteiger partial charge < -0.3 is 10.2 Å². The number of anilines is 2. The van der Waals surface area contributed by atoms with Crippen molar-refractivity contribution in [3.05, 3.63) is 63.2 Å². The van der Waals surface area contributed by atoms with Gasteiger partial charge >= 0.3 is 0 Å². The minimum absolute atomic E-state index is 0.0296. The van der Waals surface area contributed by atoms with Crippen molar-refractivity contribution in [2.45, 2.75) is 65.8 Å². The molecule has 1 unspecified atom stereocenters. The van der Waals surface area contributed by atoms with Crippen LogP contribution in [0.5, 0.6) is 0 Å². The summed E-state index contributed by atoms with van der Waals surface area (Å²) < 4.78 is 0. The van der Waals surface area contributed by atoms with Crippen molar-refractivity contribution in [2.24, 2.45) is 0 Å². The molecule has 1 heterocycles. The summed E-state index contributed by atoms with van der Waals surface area (Å²) in [6.07, 6.45) is 3.68. The van der Waals surface area contributed by atoms with E-state index in [1.165, 1.54) is 5.56 Å². The third-order valence-electron chi connectivity index (χ3n) is 6.47. The number of aryl methyl sites for hydroxylation is 1. The summed E-state index contributed by atoms with van der Waals surface area (Å²) in [5, 5.41) is 13.1. The Morgan fingerprint density at radius 3 is 2.72 bits per heavy atom. The molecule has 0 aromatic heterocycles. The lowest BCUT2D eigenvalue weighted by atomic mass is 9.79. The fourth-order valence-electron chi connectivity index (χ4n) is 4.66. The van der Waals surface area contributed by atoms with Gasteiger partial charge in [0, 0.05) is 28.5 Å². The van der Waals surface area contributed by atoms with E-state index < -0.39 is 5.91 Å². The first-order chi connectivity index (χ1) is 15.1. The normalized spacial score (nSPS) is 17.5. The van der Waals surface area contributed by atoms with Crippen LogP contribution in [0.15, 0.2) is 35.9 Å². The van der Waals surface area contributed by atoms with Gasteiger partial charge in [-0.25, -0.2) is 0 Å². The molecule has 1 amide bonds. The Bertz CT molecular complexity index is 1110. The third kappa shape index (κ3) is 4.69. The van der Waals surface area contributed by atoms with Crippen molar-refractivity contribution in [1.29, 1.82) is 5.26 Å². The summed E-state index contributed by atoms with van der Waals surface area (Å²) in [5.41, 5.74) is 5.90. The lowest BCUT2D eigenvalue weighted by Gasteiger charge is -2.47. The molecule has 0 aliphatic carbocycles. The van der Waals surface area contributed by atoms with Crippen molar-refractivity contribution in [3.63, 3.8) is 0 Å². The number of carbonyl (C=O) groups excluding carboxylic acids is 1. The number of nitrogens with zero attached hydrogens (tertiary/aromatic N) is 2. The Hall–Kier alpha value is -2.77. The van der Waals surface area contributed by atoms with E-state index >= 15 is 0 Å². The van der Waals surface area contributed by atoms with Gasteiger partial charge in [-0.15, -0.1) is 0 Å². The monoisotopic (exact) mass is 449 g/mol. The standard InChI is InChI=1S/C27H32ClN3O/c1-7-11-31-25-14-23(28)20(13-22(25)18(3)15-27(31,5)6)12-21(16-29)26(32)30-24-10-8-9-17(2)19(24)4/h8-10,12-14,18H,7,11,15H2,1-6H3,(H,30,32)/b21-12+. The first-order valence-corrected chi connectivity index (χ1v) is 11.6. The van der Waals surface area contributed by atoms with E-state index in [1.54, 1.807) is 6.08 Å². The van der Waals surface area contributed by atoms with Crippen LogP contribution in [0.1, 0.15) is 68.7 Å². The zero-order valence-corrected chi connectivity index (χ0v) is 20.6. The Kier molecular flexibility index (Phi) is 7.00.